The van der Waals surface area contributed by atoms with Crippen molar-refractivity contribution in [1.82, 2.24) is 5.32 Å². The molecule has 1 heterocycles. The van der Waals surface area contributed by atoms with E-state index in [2.05, 4.69) is 5.32 Å². The van der Waals surface area contributed by atoms with Gasteiger partial charge in [0.25, 0.3) is 0 Å². The molecule has 2 aliphatic rings. The van der Waals surface area contributed by atoms with Crippen molar-refractivity contribution in [1.29, 1.82) is 0 Å². The van der Waals surface area contributed by atoms with Crippen molar-refractivity contribution in [2.45, 2.75) is 50.2 Å². The maximum Gasteiger partial charge on any atom is 0.323 e. The molecular weight excluding hydrogens is 308 g/mol. The molecule has 0 bridgehead atoms. The van der Waals surface area contributed by atoms with E-state index in [0.29, 0.717) is 0 Å². The first-order valence-corrected chi connectivity index (χ1v) is 8.66. The van der Waals surface area contributed by atoms with Gasteiger partial charge in [0.15, 0.2) is 0 Å². The first-order valence-electron chi connectivity index (χ1n) is 8.66. The van der Waals surface area contributed by atoms with Crippen molar-refractivity contribution in [2.75, 3.05) is 7.11 Å². The van der Waals surface area contributed by atoms with Gasteiger partial charge in [0, 0.05) is 4.92 Å². The minimum atomic E-state index is -0.806. The average Bonchev–Trinajstić information content (AvgIpc) is 3.03. The van der Waals surface area contributed by atoms with Crippen LogP contribution in [0.4, 0.5) is 0 Å². The maximum atomic E-state index is 12.3. The van der Waals surface area contributed by atoms with Gasteiger partial charge >= 0.3 is 5.97 Å². The fourth-order valence-corrected chi connectivity index (χ4v) is 4.46. The van der Waals surface area contributed by atoms with Gasteiger partial charge in [-0.25, -0.2) is 0 Å². The van der Waals surface area contributed by atoms with Gasteiger partial charge in [-0.2, -0.15) is 0 Å². The molecule has 4 atom stereocenters. The number of hydrogen-bond acceptors (Lipinski definition) is 5. The molecule has 1 saturated carbocycles. The fraction of sp³-hybridized carbons (Fsp3) is 0.611. The first-order chi connectivity index (χ1) is 11.6. The zero-order chi connectivity index (χ0) is 17.1. The van der Waals surface area contributed by atoms with Crippen molar-refractivity contribution < 1.29 is 14.5 Å². The predicted molar refractivity (Wildman–Crippen MR) is 89.0 cm³/mol. The number of rotatable bonds is 4. The molecule has 1 N–H and O–H groups in total. The molecular formula is C18H24N2O4. The predicted octanol–water partition coefficient (Wildman–Crippen LogP) is 2.71. The Morgan fingerprint density at radius 1 is 1.21 bits per heavy atom. The van der Waals surface area contributed by atoms with Gasteiger partial charge in [-0.15, -0.1) is 0 Å². The molecule has 3 rings (SSSR count). The summed E-state index contributed by atoms with van der Waals surface area (Å²) in [6.45, 7) is 0. The van der Waals surface area contributed by atoms with Gasteiger partial charge in [-0.1, -0.05) is 49.6 Å². The van der Waals surface area contributed by atoms with E-state index in [1.807, 2.05) is 30.3 Å². The molecule has 0 radical (unpaired) electrons. The summed E-state index contributed by atoms with van der Waals surface area (Å²) in [5.74, 6) is -0.520. The highest BCUT2D eigenvalue weighted by atomic mass is 16.6. The molecule has 1 saturated heterocycles. The monoisotopic (exact) mass is 332 g/mol. The summed E-state index contributed by atoms with van der Waals surface area (Å²) >= 11 is 0. The number of esters is 1. The highest BCUT2D eigenvalue weighted by Crippen LogP contribution is 2.43. The van der Waals surface area contributed by atoms with E-state index in [9.17, 15) is 14.9 Å². The Kier molecular flexibility index (Phi) is 5.14. The van der Waals surface area contributed by atoms with Gasteiger partial charge in [-0.3, -0.25) is 20.2 Å². The second-order valence-electron chi connectivity index (χ2n) is 6.81. The molecule has 0 spiro atoms. The number of carbonyl (C=O) groups excluding carboxylic acids is 1. The molecule has 24 heavy (non-hydrogen) atoms. The standard InChI is InChI=1S/C18H24N2O4/c1-24-18(21)16-14(12-8-4-2-5-9-12)17(20(22)23)15(19-16)13-10-6-3-7-11-13/h3,6-7,10-12,14-17,19H,2,4-5,8-9H2,1H3/t14-,15-,16-,17+/m0/s1. The van der Waals surface area contributed by atoms with Gasteiger partial charge in [0.05, 0.1) is 13.0 Å². The first kappa shape index (κ1) is 16.9. The van der Waals surface area contributed by atoms with Crippen LogP contribution in [0.1, 0.15) is 43.7 Å². The van der Waals surface area contributed by atoms with E-state index in [4.69, 9.17) is 4.74 Å². The maximum absolute atomic E-state index is 12.3. The van der Waals surface area contributed by atoms with Crippen molar-refractivity contribution in [2.24, 2.45) is 11.8 Å². The molecule has 6 nitrogen and oxygen atoms in total. The zero-order valence-electron chi connectivity index (χ0n) is 13.9. The number of nitro groups is 1. The summed E-state index contributed by atoms with van der Waals surface area (Å²) in [6.07, 6.45) is 5.23. The van der Waals surface area contributed by atoms with Crippen LogP contribution in [0.25, 0.3) is 0 Å². The quantitative estimate of drug-likeness (QED) is 0.521. The summed E-state index contributed by atoms with van der Waals surface area (Å²) in [4.78, 5) is 24.0. The smallest absolute Gasteiger partial charge is 0.323 e. The molecule has 1 aliphatic heterocycles. The zero-order valence-corrected chi connectivity index (χ0v) is 13.9. The van der Waals surface area contributed by atoms with Gasteiger partial charge in [-0.05, 0) is 24.3 Å². The molecule has 2 fully saturated rings. The molecule has 0 aromatic heterocycles. The summed E-state index contributed by atoms with van der Waals surface area (Å²) in [7, 11) is 1.35. The third kappa shape index (κ3) is 3.15. The molecule has 1 aliphatic carbocycles. The normalized spacial score (nSPS) is 30.9. The number of carbonyl (C=O) groups is 1. The van der Waals surface area contributed by atoms with E-state index < -0.39 is 24.1 Å². The van der Waals surface area contributed by atoms with E-state index in [-0.39, 0.29) is 16.8 Å². The summed E-state index contributed by atoms with van der Waals surface area (Å²) in [6, 6.07) is 7.51. The van der Waals surface area contributed by atoms with Crippen LogP contribution in [-0.2, 0) is 9.53 Å². The van der Waals surface area contributed by atoms with Crippen LogP contribution in [0.3, 0.4) is 0 Å². The van der Waals surface area contributed by atoms with E-state index in [1.54, 1.807) is 0 Å². The molecule has 0 amide bonds. The summed E-state index contributed by atoms with van der Waals surface area (Å²) < 4.78 is 4.94. The lowest BCUT2D eigenvalue weighted by molar-refractivity contribution is -0.534. The molecule has 1 aromatic carbocycles. The second kappa shape index (κ2) is 7.30. The molecule has 0 unspecified atom stereocenters. The van der Waals surface area contributed by atoms with Crippen LogP contribution in [-0.4, -0.2) is 30.1 Å². The summed E-state index contributed by atoms with van der Waals surface area (Å²) in [5, 5.41) is 15.1. The Labute approximate surface area is 141 Å². The van der Waals surface area contributed by atoms with Crippen LogP contribution in [0.2, 0.25) is 0 Å². The summed E-state index contributed by atoms with van der Waals surface area (Å²) in [5.41, 5.74) is 0.853. The number of nitrogens with one attached hydrogen (secondary N) is 1. The van der Waals surface area contributed by atoms with Gasteiger partial charge in [0.1, 0.15) is 12.1 Å². The van der Waals surface area contributed by atoms with Crippen molar-refractivity contribution in [3.05, 3.63) is 46.0 Å². The Morgan fingerprint density at radius 3 is 2.46 bits per heavy atom. The SMILES string of the molecule is COC(=O)[C@H]1N[C@@H](c2ccccc2)[C@H]([N+](=O)[O-])[C@H]1C1CCCCC1. The Morgan fingerprint density at radius 2 is 1.88 bits per heavy atom. The van der Waals surface area contributed by atoms with Crippen LogP contribution in [0.5, 0.6) is 0 Å². The lowest BCUT2D eigenvalue weighted by Gasteiger charge is -2.30. The van der Waals surface area contributed by atoms with Crippen LogP contribution >= 0.6 is 0 Å². The van der Waals surface area contributed by atoms with Crippen LogP contribution in [0, 0.1) is 22.0 Å². The lowest BCUT2D eigenvalue weighted by atomic mass is 9.74. The third-order valence-corrected chi connectivity index (χ3v) is 5.53. The second-order valence-corrected chi connectivity index (χ2v) is 6.81. The fourth-order valence-electron chi connectivity index (χ4n) is 4.46. The number of ether oxygens (including phenoxy) is 1. The van der Waals surface area contributed by atoms with Crippen molar-refractivity contribution in [3.8, 4) is 0 Å². The third-order valence-electron chi connectivity index (χ3n) is 5.53. The largest absolute Gasteiger partial charge is 0.468 e. The Hall–Kier alpha value is -1.95. The Bertz CT molecular complexity index is 586. The Balaban J connectivity index is 1.97. The minimum absolute atomic E-state index is 0.194. The highest BCUT2D eigenvalue weighted by molar-refractivity contribution is 5.77. The van der Waals surface area contributed by atoms with Gasteiger partial charge < -0.3 is 4.74 Å². The van der Waals surface area contributed by atoms with Gasteiger partial charge in [0.2, 0.25) is 6.04 Å². The lowest BCUT2D eigenvalue weighted by Crippen LogP contribution is -2.42. The van der Waals surface area contributed by atoms with E-state index in [0.717, 1.165) is 31.2 Å². The highest BCUT2D eigenvalue weighted by Gasteiger charge is 2.56. The van der Waals surface area contributed by atoms with Crippen molar-refractivity contribution in [3.63, 3.8) is 0 Å². The van der Waals surface area contributed by atoms with Crippen LogP contribution < -0.4 is 5.32 Å². The number of benzene rings is 1. The van der Waals surface area contributed by atoms with Crippen molar-refractivity contribution >= 4 is 5.97 Å². The molecule has 1 aromatic rings. The van der Waals surface area contributed by atoms with E-state index >= 15 is 0 Å². The number of hydrogen-bond donors (Lipinski definition) is 1. The average molecular weight is 332 g/mol. The topological polar surface area (TPSA) is 81.5 Å². The molecule has 130 valence electrons. The minimum Gasteiger partial charge on any atom is -0.468 e. The number of nitrogens with zero attached hydrogens (tertiary/aromatic N) is 1. The van der Waals surface area contributed by atoms with Crippen LogP contribution in [0.15, 0.2) is 30.3 Å². The molecule has 6 heteroatoms. The van der Waals surface area contributed by atoms with E-state index in [1.165, 1.54) is 13.5 Å². The number of methoxy groups -OCH3 is 1.